The van der Waals surface area contributed by atoms with Crippen molar-refractivity contribution >= 4 is 12.1 Å². The molecule has 1 aliphatic rings. The molecular weight excluding hydrogens is 210 g/mol. The molecule has 1 heterocycles. The number of carboxylic acid groups (broad SMARTS) is 1. The Labute approximate surface area is 95.4 Å². The molecule has 16 heavy (non-hydrogen) atoms. The van der Waals surface area contributed by atoms with Gasteiger partial charge in [0.15, 0.2) is 0 Å². The fraction of sp³-hybridized carbons (Fsp3) is 0.818. The van der Waals surface area contributed by atoms with Gasteiger partial charge in [-0.25, -0.2) is 9.59 Å². The van der Waals surface area contributed by atoms with Crippen molar-refractivity contribution in [2.45, 2.75) is 45.8 Å². The second-order valence-corrected chi connectivity index (χ2v) is 5.22. The lowest BCUT2D eigenvalue weighted by Gasteiger charge is -2.27. The zero-order valence-corrected chi connectivity index (χ0v) is 10.2. The average Bonchev–Trinajstić information content (AvgIpc) is 2.43. The zero-order valence-electron chi connectivity index (χ0n) is 10.2. The van der Waals surface area contributed by atoms with E-state index in [4.69, 9.17) is 9.84 Å². The number of carbonyl (C=O) groups excluding carboxylic acids is 1. The van der Waals surface area contributed by atoms with Crippen molar-refractivity contribution in [2.24, 2.45) is 5.92 Å². The highest BCUT2D eigenvalue weighted by Crippen LogP contribution is 2.25. The van der Waals surface area contributed by atoms with Gasteiger partial charge < -0.3 is 9.84 Å². The molecule has 2 atom stereocenters. The number of hydrogen-bond donors (Lipinski definition) is 1. The molecule has 92 valence electrons. The first kappa shape index (κ1) is 12.8. The van der Waals surface area contributed by atoms with Crippen molar-refractivity contribution in [3.05, 3.63) is 0 Å². The lowest BCUT2D eigenvalue weighted by molar-refractivity contribution is -0.143. The number of rotatable bonds is 1. The topological polar surface area (TPSA) is 66.8 Å². The van der Waals surface area contributed by atoms with Crippen LogP contribution in [0.5, 0.6) is 0 Å². The summed E-state index contributed by atoms with van der Waals surface area (Å²) in [5, 5.41) is 9.05. The summed E-state index contributed by atoms with van der Waals surface area (Å²) in [6.07, 6.45) is 0.167. The van der Waals surface area contributed by atoms with Crippen LogP contribution >= 0.6 is 0 Å². The van der Waals surface area contributed by atoms with Gasteiger partial charge in [-0.2, -0.15) is 0 Å². The van der Waals surface area contributed by atoms with Gasteiger partial charge in [0.25, 0.3) is 0 Å². The highest BCUT2D eigenvalue weighted by molar-refractivity contribution is 5.81. The maximum absolute atomic E-state index is 11.8. The molecule has 1 aliphatic heterocycles. The van der Waals surface area contributed by atoms with Crippen molar-refractivity contribution in [3.63, 3.8) is 0 Å². The van der Waals surface area contributed by atoms with E-state index < -0.39 is 23.7 Å². The van der Waals surface area contributed by atoms with Crippen molar-refractivity contribution in [1.29, 1.82) is 0 Å². The standard InChI is InChI=1S/C11H19NO4/c1-7-5-6-12(8(7)9(13)14)10(15)16-11(2,3)4/h7-8H,5-6H2,1-4H3,(H,13,14)/t7-,8-/m0/s1. The summed E-state index contributed by atoms with van der Waals surface area (Å²) in [5.74, 6) is -0.985. The van der Waals surface area contributed by atoms with Crippen LogP contribution in [0.4, 0.5) is 4.79 Å². The third kappa shape index (κ3) is 2.87. The molecule has 0 aromatic carbocycles. The minimum Gasteiger partial charge on any atom is -0.480 e. The molecule has 0 aliphatic carbocycles. The first-order valence-electron chi connectivity index (χ1n) is 5.45. The van der Waals surface area contributed by atoms with Crippen LogP contribution in [0.1, 0.15) is 34.1 Å². The number of likely N-dealkylation sites (tertiary alicyclic amines) is 1. The molecule has 0 aromatic rings. The van der Waals surface area contributed by atoms with E-state index in [1.54, 1.807) is 20.8 Å². The van der Waals surface area contributed by atoms with Gasteiger partial charge in [-0.1, -0.05) is 6.92 Å². The Balaban J connectivity index is 2.73. The van der Waals surface area contributed by atoms with Crippen LogP contribution in [0.3, 0.4) is 0 Å². The lowest BCUT2D eigenvalue weighted by Crippen LogP contribution is -2.45. The van der Waals surface area contributed by atoms with E-state index in [2.05, 4.69) is 0 Å². The molecular formula is C11H19NO4. The molecule has 0 saturated carbocycles. The number of hydrogen-bond acceptors (Lipinski definition) is 3. The van der Waals surface area contributed by atoms with Gasteiger partial charge in [-0.05, 0) is 33.1 Å². The van der Waals surface area contributed by atoms with E-state index in [1.165, 1.54) is 4.90 Å². The molecule has 1 fully saturated rings. The van der Waals surface area contributed by atoms with Crippen molar-refractivity contribution in [1.82, 2.24) is 4.90 Å². The molecule has 1 N–H and O–H groups in total. The third-order valence-corrected chi connectivity index (χ3v) is 2.58. The van der Waals surface area contributed by atoms with Crippen LogP contribution in [-0.4, -0.2) is 40.3 Å². The summed E-state index contributed by atoms with van der Waals surface area (Å²) in [6, 6.07) is -0.755. The first-order chi connectivity index (χ1) is 7.22. The number of nitrogens with zero attached hydrogens (tertiary/aromatic N) is 1. The maximum Gasteiger partial charge on any atom is 0.411 e. The zero-order chi connectivity index (χ0) is 12.5. The molecule has 1 amide bonds. The molecule has 0 bridgehead atoms. The smallest absolute Gasteiger partial charge is 0.411 e. The quantitative estimate of drug-likeness (QED) is 0.743. The van der Waals surface area contributed by atoms with Crippen LogP contribution in [-0.2, 0) is 9.53 Å². The predicted octanol–water partition coefficient (Wildman–Crippen LogP) is 1.72. The van der Waals surface area contributed by atoms with Crippen LogP contribution in [0.15, 0.2) is 0 Å². The molecule has 1 rings (SSSR count). The summed E-state index contributed by atoms with van der Waals surface area (Å²) >= 11 is 0. The highest BCUT2D eigenvalue weighted by atomic mass is 16.6. The normalized spacial score (nSPS) is 25.6. The summed E-state index contributed by atoms with van der Waals surface area (Å²) in [6.45, 7) is 7.58. The number of carboxylic acids is 1. The summed E-state index contributed by atoms with van der Waals surface area (Å²) < 4.78 is 5.17. The Morgan fingerprint density at radius 1 is 1.38 bits per heavy atom. The van der Waals surface area contributed by atoms with Gasteiger partial charge in [0.2, 0.25) is 0 Å². The van der Waals surface area contributed by atoms with Crippen LogP contribution in [0.2, 0.25) is 0 Å². The molecule has 5 heteroatoms. The van der Waals surface area contributed by atoms with Crippen molar-refractivity contribution < 1.29 is 19.4 Å². The van der Waals surface area contributed by atoms with E-state index in [-0.39, 0.29) is 5.92 Å². The predicted molar refractivity (Wildman–Crippen MR) is 58.1 cm³/mol. The van der Waals surface area contributed by atoms with E-state index in [0.717, 1.165) is 0 Å². The van der Waals surface area contributed by atoms with Crippen LogP contribution in [0.25, 0.3) is 0 Å². The summed E-state index contributed by atoms with van der Waals surface area (Å²) in [4.78, 5) is 24.1. The van der Waals surface area contributed by atoms with E-state index in [1.807, 2.05) is 6.92 Å². The molecule has 0 radical (unpaired) electrons. The van der Waals surface area contributed by atoms with Gasteiger partial charge in [0.1, 0.15) is 11.6 Å². The van der Waals surface area contributed by atoms with Gasteiger partial charge >= 0.3 is 12.1 Å². The van der Waals surface area contributed by atoms with Gasteiger partial charge in [-0.15, -0.1) is 0 Å². The average molecular weight is 229 g/mol. The largest absolute Gasteiger partial charge is 0.480 e. The molecule has 0 aromatic heterocycles. The van der Waals surface area contributed by atoms with E-state index in [0.29, 0.717) is 13.0 Å². The van der Waals surface area contributed by atoms with E-state index >= 15 is 0 Å². The number of ether oxygens (including phenoxy) is 1. The Morgan fingerprint density at radius 3 is 2.38 bits per heavy atom. The van der Waals surface area contributed by atoms with Crippen LogP contribution in [0, 0.1) is 5.92 Å². The molecule has 5 nitrogen and oxygen atoms in total. The van der Waals surface area contributed by atoms with Gasteiger partial charge in [0, 0.05) is 6.54 Å². The Hall–Kier alpha value is -1.26. The minimum atomic E-state index is -0.962. The Kier molecular flexibility index (Phi) is 3.45. The monoisotopic (exact) mass is 229 g/mol. The second kappa shape index (κ2) is 4.31. The highest BCUT2D eigenvalue weighted by Gasteiger charge is 2.41. The Morgan fingerprint density at radius 2 is 1.94 bits per heavy atom. The third-order valence-electron chi connectivity index (χ3n) is 2.58. The summed E-state index contributed by atoms with van der Waals surface area (Å²) in [5.41, 5.74) is -0.591. The van der Waals surface area contributed by atoms with Gasteiger partial charge in [-0.3, -0.25) is 4.90 Å². The minimum absolute atomic E-state index is 0.0231. The number of carbonyl (C=O) groups is 2. The van der Waals surface area contributed by atoms with E-state index in [9.17, 15) is 9.59 Å². The first-order valence-corrected chi connectivity index (χ1v) is 5.45. The molecule has 0 unspecified atom stereocenters. The fourth-order valence-electron chi connectivity index (χ4n) is 1.85. The SMILES string of the molecule is C[C@H]1CCN(C(=O)OC(C)(C)C)[C@@H]1C(=O)O. The molecule has 1 saturated heterocycles. The lowest BCUT2D eigenvalue weighted by atomic mass is 10.0. The fourth-order valence-corrected chi connectivity index (χ4v) is 1.85. The van der Waals surface area contributed by atoms with Crippen LogP contribution < -0.4 is 0 Å². The van der Waals surface area contributed by atoms with Crippen molar-refractivity contribution in [3.8, 4) is 0 Å². The number of aliphatic carboxylic acids is 1. The Bertz CT molecular complexity index is 295. The van der Waals surface area contributed by atoms with Gasteiger partial charge in [0.05, 0.1) is 0 Å². The maximum atomic E-state index is 11.8. The number of amides is 1. The summed E-state index contributed by atoms with van der Waals surface area (Å²) in [7, 11) is 0. The second-order valence-electron chi connectivity index (χ2n) is 5.22. The van der Waals surface area contributed by atoms with Crippen molar-refractivity contribution in [2.75, 3.05) is 6.54 Å². The molecule has 0 spiro atoms.